The molecule has 2 heterocycles. The number of nitrogens with zero attached hydrogens (tertiary/aromatic N) is 3. The number of para-hydroxylation sites is 1. The van der Waals surface area contributed by atoms with Crippen molar-refractivity contribution in [2.75, 3.05) is 11.9 Å². The van der Waals surface area contributed by atoms with Crippen LogP contribution in [-0.2, 0) is 11.2 Å². The van der Waals surface area contributed by atoms with Gasteiger partial charge in [-0.1, -0.05) is 39.0 Å². The van der Waals surface area contributed by atoms with E-state index in [9.17, 15) is 4.79 Å². The number of carbonyl (C=O) groups excluding carboxylic acids is 1. The van der Waals surface area contributed by atoms with Crippen LogP contribution < -0.4 is 4.90 Å². The van der Waals surface area contributed by atoms with Gasteiger partial charge in [0.05, 0.1) is 11.2 Å². The summed E-state index contributed by atoms with van der Waals surface area (Å²) in [5.74, 6) is -0.296. The molecule has 140 valence electrons. The summed E-state index contributed by atoms with van der Waals surface area (Å²) in [4.78, 5) is 23.8. The smallest absolute Gasteiger partial charge is 0.240 e. The number of amides is 1. The Morgan fingerprint density at radius 3 is 2.48 bits per heavy atom. The van der Waals surface area contributed by atoms with Crippen LogP contribution in [0, 0.1) is 13.8 Å². The first-order chi connectivity index (χ1) is 13.0. The maximum atomic E-state index is 13.0. The van der Waals surface area contributed by atoms with Crippen molar-refractivity contribution in [3.63, 3.8) is 0 Å². The van der Waals surface area contributed by atoms with Crippen LogP contribution in [0.1, 0.15) is 54.6 Å². The third kappa shape index (κ3) is 2.89. The van der Waals surface area contributed by atoms with Crippen molar-refractivity contribution in [3.8, 4) is 0 Å². The Morgan fingerprint density at radius 1 is 1.07 bits per heavy atom. The second-order valence-corrected chi connectivity index (χ2v) is 6.68. The largest absolute Gasteiger partial charge is 0.314 e. The number of hydrogen-bond acceptors (Lipinski definition) is 3. The van der Waals surface area contributed by atoms with Gasteiger partial charge in [0.25, 0.3) is 0 Å². The van der Waals surface area contributed by atoms with E-state index in [0.29, 0.717) is 0 Å². The molecular weight excluding hydrogens is 334 g/mol. The molecule has 4 heteroatoms. The lowest BCUT2D eigenvalue weighted by Gasteiger charge is -2.17. The SMILES string of the molecule is CC.CCc1cc2ncnc(C3C(=O)N(C)c4ccccc43)c2c(C)c1C. The van der Waals surface area contributed by atoms with Crippen molar-refractivity contribution in [2.45, 2.75) is 47.0 Å². The first-order valence-electron chi connectivity index (χ1n) is 9.64. The van der Waals surface area contributed by atoms with Crippen LogP contribution in [0.2, 0.25) is 0 Å². The quantitative estimate of drug-likeness (QED) is 0.649. The van der Waals surface area contributed by atoms with Gasteiger partial charge < -0.3 is 4.90 Å². The highest BCUT2D eigenvalue weighted by atomic mass is 16.2. The zero-order chi connectivity index (χ0) is 19.7. The van der Waals surface area contributed by atoms with Crippen molar-refractivity contribution in [3.05, 3.63) is 64.6 Å². The third-order valence-electron chi connectivity index (χ3n) is 5.48. The number of benzene rings is 2. The molecule has 3 aromatic rings. The minimum atomic E-state index is -0.364. The lowest BCUT2D eigenvalue weighted by atomic mass is 9.89. The molecule has 0 saturated carbocycles. The second kappa shape index (κ2) is 7.47. The summed E-state index contributed by atoms with van der Waals surface area (Å²) in [6, 6.07) is 10.1. The molecule has 0 fully saturated rings. The van der Waals surface area contributed by atoms with Crippen molar-refractivity contribution in [2.24, 2.45) is 0 Å². The van der Waals surface area contributed by atoms with Crippen molar-refractivity contribution in [1.29, 1.82) is 0 Å². The molecule has 0 bridgehead atoms. The Balaban J connectivity index is 0.00000102. The summed E-state index contributed by atoms with van der Waals surface area (Å²) in [6.07, 6.45) is 2.55. The maximum Gasteiger partial charge on any atom is 0.240 e. The molecule has 1 amide bonds. The molecule has 0 aliphatic carbocycles. The number of aryl methyl sites for hydroxylation is 2. The molecule has 1 aromatic heterocycles. The number of likely N-dealkylation sites (N-methyl/N-ethyl adjacent to an activating group) is 1. The highest BCUT2D eigenvalue weighted by Gasteiger charge is 2.38. The Labute approximate surface area is 161 Å². The number of anilines is 1. The fourth-order valence-electron chi connectivity index (χ4n) is 3.94. The van der Waals surface area contributed by atoms with Crippen molar-refractivity contribution in [1.82, 2.24) is 9.97 Å². The van der Waals surface area contributed by atoms with E-state index >= 15 is 0 Å². The van der Waals surface area contributed by atoms with Gasteiger partial charge in [0, 0.05) is 18.1 Å². The molecular formula is C23H27N3O. The van der Waals surface area contributed by atoms with Crippen LogP contribution in [0.25, 0.3) is 10.9 Å². The first-order valence-corrected chi connectivity index (χ1v) is 9.64. The number of carbonyl (C=O) groups is 1. The lowest BCUT2D eigenvalue weighted by molar-refractivity contribution is -0.118. The summed E-state index contributed by atoms with van der Waals surface area (Å²) < 4.78 is 0. The first kappa shape index (κ1) is 19.0. The van der Waals surface area contributed by atoms with E-state index in [1.807, 2.05) is 45.2 Å². The standard InChI is InChI=1S/C21H21N3O.C2H6/c1-5-14-10-16-18(13(3)12(14)2)20(23-11-22-16)19-15-8-6-7-9-17(15)24(4)21(19)25;1-2/h6-11,19H,5H2,1-4H3;1-2H3. The summed E-state index contributed by atoms with van der Waals surface area (Å²) in [7, 11) is 1.83. The fraction of sp³-hybridized carbons (Fsp3) is 0.348. The fourth-order valence-corrected chi connectivity index (χ4v) is 3.94. The zero-order valence-corrected chi connectivity index (χ0v) is 17.0. The molecule has 1 atom stereocenters. The predicted molar refractivity (Wildman–Crippen MR) is 111 cm³/mol. The van der Waals surface area contributed by atoms with Gasteiger partial charge >= 0.3 is 0 Å². The van der Waals surface area contributed by atoms with Gasteiger partial charge in [-0.3, -0.25) is 4.79 Å². The van der Waals surface area contributed by atoms with E-state index in [4.69, 9.17) is 0 Å². The maximum absolute atomic E-state index is 13.0. The molecule has 4 nitrogen and oxygen atoms in total. The van der Waals surface area contributed by atoms with Gasteiger partial charge in [-0.15, -0.1) is 0 Å². The van der Waals surface area contributed by atoms with Gasteiger partial charge in [-0.05, 0) is 54.7 Å². The molecule has 1 aliphatic heterocycles. The van der Waals surface area contributed by atoms with Crippen LogP contribution in [-0.4, -0.2) is 22.9 Å². The summed E-state index contributed by atoms with van der Waals surface area (Å²) in [5.41, 5.74) is 7.45. The predicted octanol–water partition coefficient (Wildman–Crippen LogP) is 4.94. The molecule has 2 aromatic carbocycles. The highest BCUT2D eigenvalue weighted by molar-refractivity contribution is 6.08. The van der Waals surface area contributed by atoms with Crippen LogP contribution in [0.15, 0.2) is 36.7 Å². The van der Waals surface area contributed by atoms with Crippen LogP contribution in [0.5, 0.6) is 0 Å². The van der Waals surface area contributed by atoms with Crippen molar-refractivity contribution < 1.29 is 4.79 Å². The molecule has 1 unspecified atom stereocenters. The Kier molecular flexibility index (Phi) is 5.26. The van der Waals surface area contributed by atoms with E-state index in [1.165, 1.54) is 16.7 Å². The van der Waals surface area contributed by atoms with Gasteiger partial charge in [-0.2, -0.15) is 0 Å². The summed E-state index contributed by atoms with van der Waals surface area (Å²) in [5, 5.41) is 1.01. The number of rotatable bonds is 2. The molecule has 1 aliphatic rings. The third-order valence-corrected chi connectivity index (χ3v) is 5.48. The monoisotopic (exact) mass is 361 g/mol. The topological polar surface area (TPSA) is 46.1 Å². The molecule has 0 spiro atoms. The van der Waals surface area contributed by atoms with E-state index in [0.717, 1.165) is 34.3 Å². The van der Waals surface area contributed by atoms with E-state index in [1.54, 1.807) is 11.2 Å². The second-order valence-electron chi connectivity index (χ2n) is 6.68. The highest BCUT2D eigenvalue weighted by Crippen LogP contribution is 2.42. The average Bonchev–Trinajstić information content (AvgIpc) is 2.96. The normalized spacial score (nSPS) is 15.6. The minimum absolute atomic E-state index is 0.0674. The van der Waals surface area contributed by atoms with Crippen molar-refractivity contribution >= 4 is 22.5 Å². The van der Waals surface area contributed by atoms with E-state index in [2.05, 4.69) is 36.8 Å². The summed E-state index contributed by atoms with van der Waals surface area (Å²) in [6.45, 7) is 10.4. The Bertz CT molecular complexity index is 1010. The lowest BCUT2D eigenvalue weighted by Crippen LogP contribution is -2.25. The molecule has 0 N–H and O–H groups in total. The van der Waals surface area contributed by atoms with Crippen LogP contribution in [0.4, 0.5) is 5.69 Å². The molecule has 27 heavy (non-hydrogen) atoms. The number of fused-ring (bicyclic) bond motifs is 2. The van der Waals surface area contributed by atoms with Crippen LogP contribution >= 0.6 is 0 Å². The van der Waals surface area contributed by atoms with Gasteiger partial charge in [0.2, 0.25) is 5.91 Å². The van der Waals surface area contributed by atoms with E-state index in [-0.39, 0.29) is 11.8 Å². The Morgan fingerprint density at radius 2 is 1.78 bits per heavy atom. The number of hydrogen-bond donors (Lipinski definition) is 0. The van der Waals surface area contributed by atoms with Gasteiger partial charge in [0.1, 0.15) is 12.2 Å². The molecule has 0 saturated heterocycles. The minimum Gasteiger partial charge on any atom is -0.314 e. The molecule has 4 rings (SSSR count). The summed E-state index contributed by atoms with van der Waals surface area (Å²) >= 11 is 0. The van der Waals surface area contributed by atoms with Gasteiger partial charge in [0.15, 0.2) is 0 Å². The average molecular weight is 361 g/mol. The Hall–Kier alpha value is -2.75. The zero-order valence-electron chi connectivity index (χ0n) is 17.0. The number of aromatic nitrogens is 2. The van der Waals surface area contributed by atoms with E-state index < -0.39 is 0 Å². The van der Waals surface area contributed by atoms with Gasteiger partial charge in [-0.25, -0.2) is 9.97 Å². The van der Waals surface area contributed by atoms with Crippen LogP contribution in [0.3, 0.4) is 0 Å². The molecule has 0 radical (unpaired) electrons.